The van der Waals surface area contributed by atoms with E-state index in [0.717, 1.165) is 0 Å². The fourth-order valence-corrected chi connectivity index (χ4v) is 6.45. The van der Waals surface area contributed by atoms with E-state index < -0.39 is 54.5 Å². The number of hydrogen-bond acceptors (Lipinski definition) is 13. The average molecular weight is 612 g/mol. The first-order valence-electron chi connectivity index (χ1n) is 13.7. The number of methoxy groups -OCH3 is 2. The molecule has 7 rings (SSSR count). The number of carbonyl (C=O) groups is 1. The topological polar surface area (TPSA) is 206 Å². The SMILES string of the molecule is COc1ccc2c(c1OC)O[C@@H]1c3c(-c4cccc(O)c4)cc4c(c3O[C@@H](O)[C@@H]21)NC[C@@]1(O4)O[C@H](C(=O)O)[C@@H](O)[C@H](O)[C@H]1O. The number of fused-ring (bicyclic) bond motifs is 7. The third-order valence-electron chi connectivity index (χ3n) is 8.53. The summed E-state index contributed by atoms with van der Waals surface area (Å²) in [4.78, 5) is 11.8. The molecule has 1 fully saturated rings. The zero-order valence-electron chi connectivity index (χ0n) is 23.3. The molecule has 4 aliphatic rings. The van der Waals surface area contributed by atoms with Crippen molar-refractivity contribution in [2.24, 2.45) is 0 Å². The molecular weight excluding hydrogens is 582 g/mol. The maximum atomic E-state index is 11.8. The van der Waals surface area contributed by atoms with Gasteiger partial charge in [-0.05, 0) is 35.4 Å². The Kier molecular flexibility index (Phi) is 6.46. The van der Waals surface area contributed by atoms with Crippen LogP contribution in [0.15, 0.2) is 42.5 Å². The van der Waals surface area contributed by atoms with Crippen LogP contribution < -0.4 is 29.0 Å². The number of aromatic hydroxyl groups is 1. The summed E-state index contributed by atoms with van der Waals surface area (Å²) in [6.07, 6.45) is -9.81. The van der Waals surface area contributed by atoms with Gasteiger partial charge in [0.2, 0.25) is 12.0 Å². The summed E-state index contributed by atoms with van der Waals surface area (Å²) in [6, 6.07) is 11.4. The fourth-order valence-electron chi connectivity index (χ4n) is 6.45. The van der Waals surface area contributed by atoms with Crippen LogP contribution in [0.5, 0.6) is 34.5 Å². The van der Waals surface area contributed by atoms with E-state index in [1.165, 1.54) is 26.4 Å². The van der Waals surface area contributed by atoms with Gasteiger partial charge >= 0.3 is 5.97 Å². The van der Waals surface area contributed by atoms with Gasteiger partial charge in [0.05, 0.1) is 26.7 Å². The van der Waals surface area contributed by atoms with Crippen molar-refractivity contribution in [3.05, 3.63) is 53.6 Å². The Morgan fingerprint density at radius 2 is 1.80 bits per heavy atom. The minimum Gasteiger partial charge on any atom is -0.508 e. The molecule has 3 aromatic rings. The summed E-state index contributed by atoms with van der Waals surface area (Å²) in [5.74, 6) is -3.13. The van der Waals surface area contributed by atoms with Crippen molar-refractivity contribution in [2.75, 3.05) is 26.1 Å². The molecule has 44 heavy (non-hydrogen) atoms. The van der Waals surface area contributed by atoms with Gasteiger partial charge in [0.25, 0.3) is 5.79 Å². The zero-order valence-corrected chi connectivity index (χ0v) is 23.3. The lowest BCUT2D eigenvalue weighted by Gasteiger charge is -2.49. The molecule has 14 heteroatoms. The van der Waals surface area contributed by atoms with E-state index in [1.54, 1.807) is 30.3 Å². The van der Waals surface area contributed by atoms with Gasteiger partial charge in [0.15, 0.2) is 29.1 Å². The molecule has 0 aliphatic carbocycles. The molecular formula is C30H29NO13. The van der Waals surface area contributed by atoms with Crippen LogP contribution in [0.1, 0.15) is 23.1 Å². The standard InChI is InChI=1S/C30H29NO13/c1-39-15-7-6-13-18-24(41-22(13)23(15)40-2)17-14(11-4-3-5-12(32)8-11)9-16-19(25(17)42-29(18)38)31-10-30(43-16)27(35)21(34)20(33)26(44-30)28(36)37/h3-9,18,20-21,24,26-27,29,31-35,38H,10H2,1-2H3,(H,36,37)/t18-,20-,21-,24+,26-,27+,29+,30+/m0/s1. The minimum atomic E-state index is -2.13. The van der Waals surface area contributed by atoms with Gasteiger partial charge in [-0.3, -0.25) is 0 Å². The highest BCUT2D eigenvalue weighted by molar-refractivity contribution is 5.84. The number of benzene rings is 3. The number of ether oxygens (including phenoxy) is 6. The first-order chi connectivity index (χ1) is 21.1. The zero-order chi connectivity index (χ0) is 31.1. The molecule has 0 radical (unpaired) electrons. The van der Waals surface area contributed by atoms with Crippen molar-refractivity contribution in [2.45, 2.75) is 48.5 Å². The summed E-state index contributed by atoms with van der Waals surface area (Å²) in [5.41, 5.74) is 2.32. The lowest BCUT2D eigenvalue weighted by atomic mass is 9.83. The van der Waals surface area contributed by atoms with Crippen LogP contribution in [0.25, 0.3) is 11.1 Å². The molecule has 8 atom stereocenters. The van der Waals surface area contributed by atoms with Gasteiger partial charge in [0.1, 0.15) is 35.9 Å². The number of rotatable bonds is 4. The van der Waals surface area contributed by atoms with Crippen LogP contribution in [0.2, 0.25) is 0 Å². The van der Waals surface area contributed by atoms with Crippen molar-refractivity contribution >= 4 is 11.7 Å². The van der Waals surface area contributed by atoms with Crippen molar-refractivity contribution in [3.63, 3.8) is 0 Å². The number of aliphatic hydroxyl groups is 4. The molecule has 4 aliphatic heterocycles. The lowest BCUT2D eigenvalue weighted by Crippen LogP contribution is -2.71. The number of aliphatic hydroxyl groups excluding tert-OH is 4. The van der Waals surface area contributed by atoms with Crippen LogP contribution in [0, 0.1) is 0 Å². The van der Waals surface area contributed by atoms with E-state index in [-0.39, 0.29) is 29.5 Å². The predicted molar refractivity (Wildman–Crippen MR) is 148 cm³/mol. The molecule has 0 unspecified atom stereocenters. The summed E-state index contributed by atoms with van der Waals surface area (Å²) < 4.78 is 35.4. The number of nitrogens with one attached hydrogen (secondary N) is 1. The normalized spacial score (nSPS) is 31.2. The Bertz CT molecular complexity index is 1660. The number of phenols is 1. The van der Waals surface area contributed by atoms with Gasteiger partial charge in [-0.25, -0.2) is 4.79 Å². The van der Waals surface area contributed by atoms with Crippen molar-refractivity contribution < 1.29 is 63.9 Å². The molecule has 0 aromatic heterocycles. The van der Waals surface area contributed by atoms with E-state index in [0.29, 0.717) is 39.5 Å². The number of carboxylic acids is 1. The molecule has 14 nitrogen and oxygen atoms in total. The quantitative estimate of drug-likeness (QED) is 0.220. The van der Waals surface area contributed by atoms with E-state index in [9.17, 15) is 35.4 Å². The van der Waals surface area contributed by atoms with Gasteiger partial charge < -0.3 is 64.4 Å². The third kappa shape index (κ3) is 3.95. The van der Waals surface area contributed by atoms with Gasteiger partial charge in [-0.15, -0.1) is 0 Å². The fraction of sp³-hybridized carbons (Fsp3) is 0.367. The lowest BCUT2D eigenvalue weighted by molar-refractivity contribution is -0.325. The maximum Gasteiger partial charge on any atom is 0.335 e. The number of aliphatic carboxylic acids is 1. The smallest absolute Gasteiger partial charge is 0.335 e. The Hall–Kier alpha value is -4.47. The van der Waals surface area contributed by atoms with Crippen LogP contribution in [0.4, 0.5) is 5.69 Å². The number of anilines is 1. The molecule has 3 aromatic carbocycles. The average Bonchev–Trinajstić information content (AvgIpc) is 3.41. The van der Waals surface area contributed by atoms with Crippen molar-refractivity contribution in [1.29, 1.82) is 0 Å². The largest absolute Gasteiger partial charge is 0.508 e. The number of carboxylic acid groups (broad SMARTS) is 1. The Labute approximate surface area is 249 Å². The highest BCUT2D eigenvalue weighted by Crippen LogP contribution is 2.62. The van der Waals surface area contributed by atoms with E-state index in [4.69, 9.17) is 28.4 Å². The summed E-state index contributed by atoms with van der Waals surface area (Å²) in [6.45, 7) is -0.369. The summed E-state index contributed by atoms with van der Waals surface area (Å²) in [7, 11) is 2.97. The van der Waals surface area contributed by atoms with Gasteiger partial charge in [-0.2, -0.15) is 0 Å². The van der Waals surface area contributed by atoms with E-state index in [2.05, 4.69) is 5.32 Å². The second-order valence-electron chi connectivity index (χ2n) is 11.0. The molecule has 0 bridgehead atoms. The van der Waals surface area contributed by atoms with Crippen LogP contribution in [-0.4, -0.2) is 93.9 Å². The Morgan fingerprint density at radius 1 is 1.00 bits per heavy atom. The number of hydrogen-bond donors (Lipinski definition) is 7. The van der Waals surface area contributed by atoms with Gasteiger partial charge in [0, 0.05) is 11.1 Å². The second kappa shape index (κ2) is 10.0. The minimum absolute atomic E-state index is 0.0144. The molecule has 0 amide bonds. The van der Waals surface area contributed by atoms with Gasteiger partial charge in [-0.1, -0.05) is 18.2 Å². The molecule has 1 saturated heterocycles. The molecule has 0 saturated carbocycles. The van der Waals surface area contributed by atoms with E-state index in [1.807, 2.05) is 0 Å². The molecule has 1 spiro atoms. The number of phenolic OH excluding ortho intramolecular Hbond substituents is 1. The monoisotopic (exact) mass is 611 g/mol. The van der Waals surface area contributed by atoms with Crippen LogP contribution >= 0.6 is 0 Å². The summed E-state index contributed by atoms with van der Waals surface area (Å²) in [5, 5.41) is 66.0. The molecule has 7 N–H and O–H groups in total. The first kappa shape index (κ1) is 28.3. The Morgan fingerprint density at radius 3 is 2.50 bits per heavy atom. The second-order valence-corrected chi connectivity index (χ2v) is 11.0. The van der Waals surface area contributed by atoms with Crippen LogP contribution in [0.3, 0.4) is 0 Å². The highest BCUT2D eigenvalue weighted by Gasteiger charge is 2.60. The van der Waals surface area contributed by atoms with E-state index >= 15 is 0 Å². The maximum absolute atomic E-state index is 11.8. The molecule has 4 heterocycles. The van der Waals surface area contributed by atoms with Crippen molar-refractivity contribution in [1.82, 2.24) is 0 Å². The highest BCUT2D eigenvalue weighted by atomic mass is 16.7. The van der Waals surface area contributed by atoms with Crippen LogP contribution in [-0.2, 0) is 9.53 Å². The first-order valence-corrected chi connectivity index (χ1v) is 13.7. The van der Waals surface area contributed by atoms with Crippen molar-refractivity contribution in [3.8, 4) is 45.6 Å². The summed E-state index contributed by atoms with van der Waals surface area (Å²) >= 11 is 0. The third-order valence-corrected chi connectivity index (χ3v) is 8.53. The predicted octanol–water partition coefficient (Wildman–Crippen LogP) is 1.07. The Balaban J connectivity index is 1.40. The molecule has 232 valence electrons.